The quantitative estimate of drug-likeness (QED) is 0.725. The van der Waals surface area contributed by atoms with Crippen molar-refractivity contribution in [1.29, 1.82) is 0 Å². The summed E-state index contributed by atoms with van der Waals surface area (Å²) in [5.74, 6) is 0. The summed E-state index contributed by atoms with van der Waals surface area (Å²) in [5.41, 5.74) is 7.29. The molecule has 0 aromatic heterocycles. The standard InChI is InChI=1S/C10H14N2O2/c1-12(10(13)14-2)7-8-4-3-5-9(11)6-8/h3-6H,7,11H2,1-2H3. The van der Waals surface area contributed by atoms with Gasteiger partial charge in [-0.1, -0.05) is 12.1 Å². The van der Waals surface area contributed by atoms with E-state index in [9.17, 15) is 4.79 Å². The van der Waals surface area contributed by atoms with Crippen molar-refractivity contribution >= 4 is 11.8 Å². The molecule has 4 heteroatoms. The van der Waals surface area contributed by atoms with Gasteiger partial charge < -0.3 is 15.4 Å². The molecule has 0 unspecified atom stereocenters. The van der Waals surface area contributed by atoms with E-state index in [4.69, 9.17) is 5.73 Å². The third-order valence-corrected chi connectivity index (χ3v) is 1.86. The van der Waals surface area contributed by atoms with E-state index in [1.54, 1.807) is 7.05 Å². The van der Waals surface area contributed by atoms with Crippen LogP contribution in [0, 0.1) is 0 Å². The van der Waals surface area contributed by atoms with Gasteiger partial charge in [-0.25, -0.2) is 4.79 Å². The van der Waals surface area contributed by atoms with Crippen molar-refractivity contribution in [3.05, 3.63) is 29.8 Å². The Morgan fingerprint density at radius 1 is 1.57 bits per heavy atom. The second kappa shape index (κ2) is 4.50. The van der Waals surface area contributed by atoms with Crippen LogP contribution < -0.4 is 5.73 Å². The highest BCUT2D eigenvalue weighted by Gasteiger charge is 2.07. The first-order valence-corrected chi connectivity index (χ1v) is 4.27. The molecule has 0 aliphatic heterocycles. The van der Waals surface area contributed by atoms with Crippen LogP contribution in [-0.4, -0.2) is 25.2 Å². The van der Waals surface area contributed by atoms with Crippen molar-refractivity contribution in [2.45, 2.75) is 6.54 Å². The lowest BCUT2D eigenvalue weighted by Gasteiger charge is -2.15. The fourth-order valence-electron chi connectivity index (χ4n) is 1.19. The van der Waals surface area contributed by atoms with Crippen LogP contribution >= 0.6 is 0 Å². The molecule has 76 valence electrons. The Morgan fingerprint density at radius 2 is 2.29 bits per heavy atom. The molecule has 0 fully saturated rings. The number of nitrogens with two attached hydrogens (primary N) is 1. The van der Waals surface area contributed by atoms with Crippen molar-refractivity contribution in [3.8, 4) is 0 Å². The van der Waals surface area contributed by atoms with Crippen molar-refractivity contribution in [3.63, 3.8) is 0 Å². The minimum atomic E-state index is -0.354. The number of methoxy groups -OCH3 is 1. The summed E-state index contributed by atoms with van der Waals surface area (Å²) in [6, 6.07) is 7.41. The number of ether oxygens (including phenoxy) is 1. The number of rotatable bonds is 2. The number of hydrogen-bond donors (Lipinski definition) is 1. The predicted octanol–water partition coefficient (Wildman–Crippen LogP) is 1.47. The maximum atomic E-state index is 11.1. The number of carbonyl (C=O) groups excluding carboxylic acids is 1. The molecule has 1 rings (SSSR count). The van der Waals surface area contributed by atoms with Crippen LogP contribution in [0.5, 0.6) is 0 Å². The zero-order valence-electron chi connectivity index (χ0n) is 8.36. The average molecular weight is 194 g/mol. The monoisotopic (exact) mass is 194 g/mol. The molecule has 0 heterocycles. The van der Waals surface area contributed by atoms with Gasteiger partial charge in [-0.15, -0.1) is 0 Å². The molecule has 2 N–H and O–H groups in total. The Kier molecular flexibility index (Phi) is 3.34. The second-order valence-electron chi connectivity index (χ2n) is 3.07. The molecule has 0 radical (unpaired) electrons. The average Bonchev–Trinajstić information content (AvgIpc) is 2.16. The summed E-state index contributed by atoms with van der Waals surface area (Å²) in [4.78, 5) is 12.6. The number of benzene rings is 1. The van der Waals surface area contributed by atoms with Gasteiger partial charge in [0, 0.05) is 19.3 Å². The van der Waals surface area contributed by atoms with E-state index in [1.165, 1.54) is 12.0 Å². The van der Waals surface area contributed by atoms with E-state index in [1.807, 2.05) is 24.3 Å². The normalized spacial score (nSPS) is 9.57. The Labute approximate surface area is 83.3 Å². The molecule has 1 aromatic carbocycles. The molecule has 0 aliphatic rings. The molecular formula is C10H14N2O2. The number of anilines is 1. The summed E-state index contributed by atoms with van der Waals surface area (Å²) in [6.45, 7) is 0.498. The largest absolute Gasteiger partial charge is 0.453 e. The molecular weight excluding hydrogens is 180 g/mol. The van der Waals surface area contributed by atoms with Gasteiger partial charge in [0.05, 0.1) is 7.11 Å². The van der Waals surface area contributed by atoms with Crippen LogP contribution in [0.1, 0.15) is 5.56 Å². The van der Waals surface area contributed by atoms with Gasteiger partial charge >= 0.3 is 6.09 Å². The minimum Gasteiger partial charge on any atom is -0.453 e. The van der Waals surface area contributed by atoms with E-state index in [0.29, 0.717) is 12.2 Å². The molecule has 4 nitrogen and oxygen atoms in total. The van der Waals surface area contributed by atoms with Gasteiger partial charge in [-0.05, 0) is 17.7 Å². The second-order valence-corrected chi connectivity index (χ2v) is 3.07. The summed E-state index contributed by atoms with van der Waals surface area (Å²) in [7, 11) is 3.03. The zero-order chi connectivity index (χ0) is 10.6. The molecule has 0 atom stereocenters. The topological polar surface area (TPSA) is 55.6 Å². The highest BCUT2D eigenvalue weighted by atomic mass is 16.5. The van der Waals surface area contributed by atoms with Gasteiger partial charge in [-0.2, -0.15) is 0 Å². The molecule has 0 aliphatic carbocycles. The smallest absolute Gasteiger partial charge is 0.409 e. The number of hydrogen-bond acceptors (Lipinski definition) is 3. The molecule has 0 saturated carbocycles. The minimum absolute atomic E-state index is 0.354. The van der Waals surface area contributed by atoms with Crippen LogP contribution in [0.25, 0.3) is 0 Å². The fourth-order valence-corrected chi connectivity index (χ4v) is 1.19. The lowest BCUT2D eigenvalue weighted by Crippen LogP contribution is -2.25. The highest BCUT2D eigenvalue weighted by molar-refractivity contribution is 5.67. The summed E-state index contributed by atoms with van der Waals surface area (Å²) in [5, 5.41) is 0. The molecule has 0 bridgehead atoms. The number of carbonyl (C=O) groups is 1. The van der Waals surface area contributed by atoms with Crippen molar-refractivity contribution in [2.75, 3.05) is 19.9 Å². The number of nitrogens with zero attached hydrogens (tertiary/aromatic N) is 1. The van der Waals surface area contributed by atoms with Crippen LogP contribution in [0.4, 0.5) is 10.5 Å². The summed E-state index contributed by atoms with van der Waals surface area (Å²) in [6.07, 6.45) is -0.354. The third kappa shape index (κ3) is 2.65. The summed E-state index contributed by atoms with van der Waals surface area (Å²) >= 11 is 0. The van der Waals surface area contributed by atoms with Gasteiger partial charge in [-0.3, -0.25) is 0 Å². The Balaban J connectivity index is 2.64. The first kappa shape index (κ1) is 10.4. The lowest BCUT2D eigenvalue weighted by molar-refractivity contribution is 0.131. The lowest BCUT2D eigenvalue weighted by atomic mass is 10.2. The van der Waals surface area contributed by atoms with E-state index >= 15 is 0 Å². The molecule has 14 heavy (non-hydrogen) atoms. The molecule has 0 spiro atoms. The number of nitrogen functional groups attached to an aromatic ring is 1. The predicted molar refractivity (Wildman–Crippen MR) is 54.7 cm³/mol. The van der Waals surface area contributed by atoms with Crippen molar-refractivity contribution in [1.82, 2.24) is 4.90 Å². The maximum absolute atomic E-state index is 11.1. The van der Waals surface area contributed by atoms with Gasteiger partial charge in [0.1, 0.15) is 0 Å². The molecule has 1 amide bonds. The van der Waals surface area contributed by atoms with E-state index in [2.05, 4.69) is 4.74 Å². The third-order valence-electron chi connectivity index (χ3n) is 1.86. The first-order valence-electron chi connectivity index (χ1n) is 4.27. The van der Waals surface area contributed by atoms with Gasteiger partial charge in [0.25, 0.3) is 0 Å². The van der Waals surface area contributed by atoms with Crippen LogP contribution in [0.3, 0.4) is 0 Å². The Hall–Kier alpha value is -1.71. The first-order chi connectivity index (χ1) is 6.63. The van der Waals surface area contributed by atoms with Crippen LogP contribution in [0.2, 0.25) is 0 Å². The summed E-state index contributed by atoms with van der Waals surface area (Å²) < 4.78 is 4.57. The zero-order valence-corrected chi connectivity index (χ0v) is 8.36. The molecule has 1 aromatic rings. The van der Waals surface area contributed by atoms with E-state index in [-0.39, 0.29) is 6.09 Å². The maximum Gasteiger partial charge on any atom is 0.409 e. The van der Waals surface area contributed by atoms with Crippen molar-refractivity contribution in [2.24, 2.45) is 0 Å². The van der Waals surface area contributed by atoms with E-state index < -0.39 is 0 Å². The van der Waals surface area contributed by atoms with Crippen LogP contribution in [0.15, 0.2) is 24.3 Å². The fraction of sp³-hybridized carbons (Fsp3) is 0.300. The van der Waals surface area contributed by atoms with Gasteiger partial charge in [0.2, 0.25) is 0 Å². The molecule has 0 saturated heterocycles. The van der Waals surface area contributed by atoms with E-state index in [0.717, 1.165) is 5.56 Å². The van der Waals surface area contributed by atoms with Gasteiger partial charge in [0.15, 0.2) is 0 Å². The Bertz CT molecular complexity index is 326. The van der Waals surface area contributed by atoms with Crippen molar-refractivity contribution < 1.29 is 9.53 Å². The Morgan fingerprint density at radius 3 is 2.86 bits per heavy atom. The highest BCUT2D eigenvalue weighted by Crippen LogP contribution is 2.08. The SMILES string of the molecule is COC(=O)N(C)Cc1cccc(N)c1. The van der Waals surface area contributed by atoms with Crippen LogP contribution in [-0.2, 0) is 11.3 Å². The number of amides is 1.